The van der Waals surface area contributed by atoms with E-state index in [2.05, 4.69) is 0 Å². The van der Waals surface area contributed by atoms with Gasteiger partial charge in [-0.1, -0.05) is 30.3 Å². The first-order chi connectivity index (χ1) is 11.8. The Balaban J connectivity index is 2.02. The Morgan fingerprint density at radius 2 is 1.84 bits per heavy atom. The quantitative estimate of drug-likeness (QED) is 0.811. The molecular weight excluding hydrogens is 355 g/mol. The summed E-state index contributed by atoms with van der Waals surface area (Å²) in [6, 6.07) is 11.5. The highest BCUT2D eigenvalue weighted by atomic mass is 32.2. The molecule has 4 nitrogen and oxygen atoms in total. The van der Waals surface area contributed by atoms with Crippen LogP contribution in [-0.2, 0) is 34.1 Å². The van der Waals surface area contributed by atoms with Crippen LogP contribution in [0.25, 0.3) is 0 Å². The van der Waals surface area contributed by atoms with Crippen molar-refractivity contribution in [3.05, 3.63) is 65.2 Å². The molecule has 1 aliphatic rings. The van der Waals surface area contributed by atoms with E-state index in [-0.39, 0.29) is 31.1 Å². The number of benzene rings is 2. The number of halogens is 3. The molecule has 2 aromatic carbocycles. The van der Waals surface area contributed by atoms with Crippen LogP contribution in [0.1, 0.15) is 16.7 Å². The maximum atomic E-state index is 12.9. The molecular formula is C17H16F3NO3S. The van der Waals surface area contributed by atoms with Crippen LogP contribution in [0.4, 0.5) is 18.9 Å². The molecule has 0 saturated carbocycles. The summed E-state index contributed by atoms with van der Waals surface area (Å²) < 4.78 is 70.5. The third-order valence-corrected chi connectivity index (χ3v) is 5.60. The van der Waals surface area contributed by atoms with Crippen LogP contribution >= 0.6 is 0 Å². The first kappa shape index (κ1) is 17.8. The molecule has 0 spiro atoms. The molecule has 2 aromatic rings. The summed E-state index contributed by atoms with van der Waals surface area (Å²) in [7, 11) is -3.72. The molecule has 0 saturated heterocycles. The van der Waals surface area contributed by atoms with Gasteiger partial charge in [-0.3, -0.25) is 4.31 Å². The van der Waals surface area contributed by atoms with E-state index in [1.165, 1.54) is 16.4 Å². The van der Waals surface area contributed by atoms with Crippen molar-refractivity contribution < 1.29 is 26.3 Å². The van der Waals surface area contributed by atoms with E-state index in [4.69, 9.17) is 4.74 Å². The third-order valence-electron chi connectivity index (χ3n) is 3.92. The van der Waals surface area contributed by atoms with E-state index >= 15 is 0 Å². The summed E-state index contributed by atoms with van der Waals surface area (Å²) in [4.78, 5) is 0. The van der Waals surface area contributed by atoms with Gasteiger partial charge in [0.25, 0.3) is 0 Å². The second-order valence-electron chi connectivity index (χ2n) is 5.70. The summed E-state index contributed by atoms with van der Waals surface area (Å²) in [5, 5.41) is 0. The van der Waals surface area contributed by atoms with Crippen molar-refractivity contribution >= 4 is 15.7 Å². The maximum Gasteiger partial charge on any atom is 0.416 e. The van der Waals surface area contributed by atoms with Crippen molar-refractivity contribution in [1.82, 2.24) is 0 Å². The van der Waals surface area contributed by atoms with Crippen molar-refractivity contribution in [3.63, 3.8) is 0 Å². The Morgan fingerprint density at radius 3 is 2.60 bits per heavy atom. The topological polar surface area (TPSA) is 46.6 Å². The summed E-state index contributed by atoms with van der Waals surface area (Å²) in [6.07, 6.45) is -4.48. The van der Waals surface area contributed by atoms with Crippen molar-refractivity contribution in [1.29, 1.82) is 0 Å². The molecule has 0 N–H and O–H groups in total. The highest BCUT2D eigenvalue weighted by molar-refractivity contribution is 7.92. The lowest BCUT2D eigenvalue weighted by Gasteiger charge is -2.29. The zero-order chi connectivity index (χ0) is 18.1. The minimum Gasteiger partial charge on any atom is -0.376 e. The van der Waals surface area contributed by atoms with Crippen LogP contribution in [0.3, 0.4) is 0 Å². The van der Waals surface area contributed by atoms with Crippen LogP contribution < -0.4 is 4.31 Å². The second kappa shape index (κ2) is 6.68. The minimum atomic E-state index is -4.48. The molecule has 0 fully saturated rings. The SMILES string of the molecule is O=S1(=O)CCOCc2ccccc2N1Cc1cccc(C(F)(F)F)c1. The first-order valence-corrected chi connectivity index (χ1v) is 9.20. The minimum absolute atomic E-state index is 0.0375. The van der Waals surface area contributed by atoms with Crippen LogP contribution in [-0.4, -0.2) is 20.8 Å². The Labute approximate surface area is 143 Å². The number of rotatable bonds is 2. The Morgan fingerprint density at radius 1 is 1.08 bits per heavy atom. The smallest absolute Gasteiger partial charge is 0.376 e. The molecule has 134 valence electrons. The van der Waals surface area contributed by atoms with Gasteiger partial charge in [0.2, 0.25) is 10.0 Å². The number of alkyl halides is 3. The zero-order valence-corrected chi connectivity index (χ0v) is 14.0. The molecule has 0 atom stereocenters. The van der Waals surface area contributed by atoms with Gasteiger partial charge in [0.15, 0.2) is 0 Å². The summed E-state index contributed by atoms with van der Waals surface area (Å²) >= 11 is 0. The highest BCUT2D eigenvalue weighted by Gasteiger charge is 2.31. The summed E-state index contributed by atoms with van der Waals surface area (Å²) in [6.45, 7) is 0.129. The van der Waals surface area contributed by atoms with Crippen LogP contribution in [0, 0.1) is 0 Å². The van der Waals surface area contributed by atoms with E-state index in [1.54, 1.807) is 24.3 Å². The van der Waals surface area contributed by atoms with Gasteiger partial charge in [-0.2, -0.15) is 13.2 Å². The van der Waals surface area contributed by atoms with Gasteiger partial charge in [0.05, 0.1) is 36.8 Å². The van der Waals surface area contributed by atoms with E-state index in [0.29, 0.717) is 11.3 Å². The zero-order valence-electron chi connectivity index (χ0n) is 13.2. The molecule has 0 radical (unpaired) electrons. The average molecular weight is 371 g/mol. The van der Waals surface area contributed by atoms with E-state index in [9.17, 15) is 21.6 Å². The number of anilines is 1. The summed E-state index contributed by atoms with van der Waals surface area (Å²) in [5.41, 5.74) is 0.582. The number of nitrogens with zero attached hydrogens (tertiary/aromatic N) is 1. The van der Waals surface area contributed by atoms with E-state index in [0.717, 1.165) is 12.1 Å². The largest absolute Gasteiger partial charge is 0.416 e. The molecule has 1 aliphatic heterocycles. The second-order valence-corrected chi connectivity index (χ2v) is 7.71. The molecule has 8 heteroatoms. The van der Waals surface area contributed by atoms with Gasteiger partial charge in [-0.25, -0.2) is 8.42 Å². The van der Waals surface area contributed by atoms with Crippen molar-refractivity contribution in [3.8, 4) is 0 Å². The van der Waals surface area contributed by atoms with Gasteiger partial charge in [0, 0.05) is 5.56 Å². The maximum absolute atomic E-state index is 12.9. The van der Waals surface area contributed by atoms with Crippen molar-refractivity contribution in [2.75, 3.05) is 16.7 Å². The fourth-order valence-corrected chi connectivity index (χ4v) is 4.05. The lowest BCUT2D eigenvalue weighted by atomic mass is 10.1. The van der Waals surface area contributed by atoms with Crippen molar-refractivity contribution in [2.45, 2.75) is 19.3 Å². The molecule has 1 heterocycles. The molecule has 0 unspecified atom stereocenters. The van der Waals surface area contributed by atoms with E-state index < -0.39 is 21.8 Å². The Kier molecular flexibility index (Phi) is 4.75. The molecule has 0 bridgehead atoms. The number of fused-ring (bicyclic) bond motifs is 1. The Bertz CT molecular complexity index is 865. The lowest BCUT2D eigenvalue weighted by molar-refractivity contribution is -0.137. The normalized spacial score (nSPS) is 17.5. The molecule has 3 rings (SSSR count). The number of sulfonamides is 1. The predicted molar refractivity (Wildman–Crippen MR) is 87.5 cm³/mol. The Hall–Kier alpha value is -2.06. The van der Waals surface area contributed by atoms with Crippen LogP contribution in [0.5, 0.6) is 0 Å². The van der Waals surface area contributed by atoms with Crippen LogP contribution in [0.15, 0.2) is 48.5 Å². The predicted octanol–water partition coefficient (Wildman–Crippen LogP) is 3.57. The van der Waals surface area contributed by atoms with E-state index in [1.807, 2.05) is 0 Å². The third kappa shape index (κ3) is 3.96. The lowest BCUT2D eigenvalue weighted by Crippen LogP contribution is -2.36. The van der Waals surface area contributed by atoms with Gasteiger partial charge in [-0.05, 0) is 23.8 Å². The first-order valence-electron chi connectivity index (χ1n) is 7.59. The number of hydrogen-bond acceptors (Lipinski definition) is 3. The standard InChI is InChI=1S/C17H16F3NO3S/c18-17(19,20)15-6-3-4-13(10-15)11-21-16-7-2-1-5-14(16)12-24-8-9-25(21,22)23/h1-7,10H,8-9,11-12H2. The number of hydrogen-bond donors (Lipinski definition) is 0. The van der Waals surface area contributed by atoms with Gasteiger partial charge >= 0.3 is 6.18 Å². The van der Waals surface area contributed by atoms with Gasteiger partial charge < -0.3 is 4.74 Å². The van der Waals surface area contributed by atoms with Gasteiger partial charge in [-0.15, -0.1) is 0 Å². The van der Waals surface area contributed by atoms with Crippen LogP contribution in [0.2, 0.25) is 0 Å². The molecule has 0 aliphatic carbocycles. The average Bonchev–Trinajstić information content (AvgIpc) is 2.55. The van der Waals surface area contributed by atoms with Gasteiger partial charge in [0.1, 0.15) is 0 Å². The monoisotopic (exact) mass is 371 g/mol. The molecule has 25 heavy (non-hydrogen) atoms. The van der Waals surface area contributed by atoms with Crippen molar-refractivity contribution in [2.24, 2.45) is 0 Å². The molecule has 0 aromatic heterocycles. The molecule has 0 amide bonds. The fraction of sp³-hybridized carbons (Fsp3) is 0.294. The number of para-hydroxylation sites is 1. The fourth-order valence-electron chi connectivity index (χ4n) is 2.68. The number of ether oxygens (including phenoxy) is 1. The highest BCUT2D eigenvalue weighted by Crippen LogP contribution is 2.32. The summed E-state index contributed by atoms with van der Waals surface area (Å²) in [5.74, 6) is -0.222.